The second-order valence-electron chi connectivity index (χ2n) is 5.97. The Morgan fingerprint density at radius 2 is 1.70 bits per heavy atom. The van der Waals surface area contributed by atoms with Gasteiger partial charge in [0.2, 0.25) is 0 Å². The Labute approximate surface area is 152 Å². The fourth-order valence-electron chi connectivity index (χ4n) is 2.85. The van der Waals surface area contributed by atoms with E-state index in [0.29, 0.717) is 6.42 Å². The number of nitrogens with one attached hydrogen (secondary N) is 2. The molecule has 2 aromatic carbocycles. The van der Waals surface area contributed by atoms with E-state index in [1.807, 2.05) is 30.3 Å². The molecule has 140 valence electrons. The van der Waals surface area contributed by atoms with Crippen molar-refractivity contribution in [2.24, 2.45) is 0 Å². The van der Waals surface area contributed by atoms with Gasteiger partial charge < -0.3 is 15.7 Å². The van der Waals surface area contributed by atoms with E-state index in [4.69, 9.17) is 0 Å². The van der Waals surface area contributed by atoms with Gasteiger partial charge in [-0.2, -0.15) is 13.2 Å². The quantitative estimate of drug-likeness (QED) is 0.767. The van der Waals surface area contributed by atoms with Crippen molar-refractivity contribution in [2.75, 3.05) is 5.32 Å². The fraction of sp³-hybridized carbons (Fsp3) is 0.158. The number of benzene rings is 2. The molecule has 0 fully saturated rings. The van der Waals surface area contributed by atoms with Crippen LogP contribution in [-0.2, 0) is 16.0 Å². The number of rotatable bonds is 4. The summed E-state index contributed by atoms with van der Waals surface area (Å²) >= 11 is 0. The summed E-state index contributed by atoms with van der Waals surface area (Å²) in [6.07, 6.45) is -4.75. The molecule has 1 aliphatic rings. The molecule has 0 saturated carbocycles. The van der Waals surface area contributed by atoms with Gasteiger partial charge in [0, 0.05) is 11.3 Å². The molecule has 0 aromatic heterocycles. The minimum Gasteiger partial charge on any atom is -0.509 e. The molecule has 27 heavy (non-hydrogen) atoms. The average molecular weight is 376 g/mol. The number of aliphatic hydroxyl groups excluding tert-OH is 1. The van der Waals surface area contributed by atoms with E-state index in [2.05, 4.69) is 5.32 Å². The van der Waals surface area contributed by atoms with Crippen molar-refractivity contribution in [3.05, 3.63) is 71.5 Å². The van der Waals surface area contributed by atoms with E-state index in [1.54, 1.807) is 5.32 Å². The van der Waals surface area contributed by atoms with Crippen molar-refractivity contribution in [2.45, 2.75) is 18.6 Å². The summed E-state index contributed by atoms with van der Waals surface area (Å²) in [5.74, 6) is -3.06. The third-order valence-electron chi connectivity index (χ3n) is 4.10. The van der Waals surface area contributed by atoms with Crippen LogP contribution in [0.5, 0.6) is 0 Å². The number of carbonyl (C=O) groups is 2. The van der Waals surface area contributed by atoms with Crippen LogP contribution < -0.4 is 10.6 Å². The standard InChI is InChI=1S/C19H15F3N2O3/c20-19(21,22)18(27)24-13-9-5-4-8-12(13)15-16(25)14(23-17(15)26)10-11-6-2-1-3-7-11/h1-9,14,25H,10H2,(H,23,26)(H,24,27)/t14-/m0/s1. The predicted molar refractivity (Wildman–Crippen MR) is 92.8 cm³/mol. The zero-order valence-corrected chi connectivity index (χ0v) is 13.9. The van der Waals surface area contributed by atoms with Crippen LogP contribution in [0.15, 0.2) is 60.4 Å². The SMILES string of the molecule is O=C1N[C@@H](Cc2ccccc2)C(O)=C1c1ccccc1NC(=O)C(F)(F)F. The first-order valence-electron chi connectivity index (χ1n) is 8.03. The van der Waals surface area contributed by atoms with E-state index >= 15 is 0 Å². The van der Waals surface area contributed by atoms with Gasteiger partial charge in [-0.25, -0.2) is 0 Å². The molecule has 1 heterocycles. The number of hydrogen-bond donors (Lipinski definition) is 3. The number of alkyl halides is 3. The molecule has 3 N–H and O–H groups in total. The Hall–Kier alpha value is -3.29. The zero-order valence-electron chi connectivity index (χ0n) is 13.9. The number of halogens is 3. The molecular formula is C19H15F3N2O3. The summed E-state index contributed by atoms with van der Waals surface area (Å²) in [6.45, 7) is 0. The summed E-state index contributed by atoms with van der Waals surface area (Å²) in [5, 5.41) is 14.9. The molecule has 0 saturated heterocycles. The van der Waals surface area contributed by atoms with Crippen molar-refractivity contribution >= 4 is 23.1 Å². The Kier molecular flexibility index (Phi) is 4.89. The van der Waals surface area contributed by atoms with Gasteiger partial charge in [-0.05, 0) is 18.1 Å². The highest BCUT2D eigenvalue weighted by molar-refractivity contribution is 6.24. The van der Waals surface area contributed by atoms with Gasteiger partial charge in [0.1, 0.15) is 5.76 Å². The maximum atomic E-state index is 12.5. The first-order valence-corrected chi connectivity index (χ1v) is 8.03. The summed E-state index contributed by atoms with van der Waals surface area (Å²) in [7, 11) is 0. The molecule has 0 bridgehead atoms. The van der Waals surface area contributed by atoms with Gasteiger partial charge in [-0.1, -0.05) is 48.5 Å². The Morgan fingerprint density at radius 1 is 1.07 bits per heavy atom. The van der Waals surface area contributed by atoms with Gasteiger partial charge >= 0.3 is 12.1 Å². The Bertz CT molecular complexity index is 908. The summed E-state index contributed by atoms with van der Waals surface area (Å²) in [6, 6.07) is 13.9. The Morgan fingerprint density at radius 3 is 2.37 bits per heavy atom. The molecule has 1 aliphatic heterocycles. The highest BCUT2D eigenvalue weighted by Gasteiger charge is 2.40. The third kappa shape index (κ3) is 3.94. The van der Waals surface area contributed by atoms with Crippen LogP contribution >= 0.6 is 0 Å². The topological polar surface area (TPSA) is 78.4 Å². The fourth-order valence-corrected chi connectivity index (χ4v) is 2.85. The van der Waals surface area contributed by atoms with Gasteiger partial charge in [0.25, 0.3) is 5.91 Å². The van der Waals surface area contributed by atoms with Gasteiger partial charge in [0.05, 0.1) is 11.6 Å². The van der Waals surface area contributed by atoms with E-state index < -0.39 is 24.0 Å². The summed E-state index contributed by atoms with van der Waals surface area (Å²) in [5.41, 5.74) is 0.515. The molecule has 8 heteroatoms. The molecular weight excluding hydrogens is 361 g/mol. The van der Waals surface area contributed by atoms with Crippen molar-refractivity contribution < 1.29 is 27.9 Å². The maximum Gasteiger partial charge on any atom is 0.471 e. The van der Waals surface area contributed by atoms with Crippen molar-refractivity contribution in [1.29, 1.82) is 0 Å². The smallest absolute Gasteiger partial charge is 0.471 e. The van der Waals surface area contributed by atoms with Crippen LogP contribution in [0, 0.1) is 0 Å². The van der Waals surface area contributed by atoms with Crippen LogP contribution in [0.3, 0.4) is 0 Å². The van der Waals surface area contributed by atoms with Crippen LogP contribution in [0.4, 0.5) is 18.9 Å². The molecule has 0 spiro atoms. The monoisotopic (exact) mass is 376 g/mol. The second-order valence-corrected chi connectivity index (χ2v) is 5.97. The third-order valence-corrected chi connectivity index (χ3v) is 4.10. The number of hydrogen-bond acceptors (Lipinski definition) is 3. The van der Waals surface area contributed by atoms with Gasteiger partial charge in [-0.15, -0.1) is 0 Å². The van der Waals surface area contributed by atoms with Crippen LogP contribution in [-0.4, -0.2) is 29.1 Å². The van der Waals surface area contributed by atoms with Crippen LogP contribution in [0.25, 0.3) is 5.57 Å². The number of para-hydroxylation sites is 1. The minimum absolute atomic E-state index is 0.0145. The van der Waals surface area contributed by atoms with Crippen LogP contribution in [0.2, 0.25) is 0 Å². The number of anilines is 1. The van der Waals surface area contributed by atoms with Gasteiger partial charge in [-0.3, -0.25) is 9.59 Å². The van der Waals surface area contributed by atoms with E-state index in [1.165, 1.54) is 24.3 Å². The minimum atomic E-state index is -5.07. The summed E-state index contributed by atoms with van der Waals surface area (Å²) in [4.78, 5) is 23.6. The molecule has 0 aliphatic carbocycles. The average Bonchev–Trinajstić information content (AvgIpc) is 2.89. The van der Waals surface area contributed by atoms with E-state index in [9.17, 15) is 27.9 Å². The maximum absolute atomic E-state index is 12.5. The molecule has 0 unspecified atom stereocenters. The molecule has 0 radical (unpaired) electrons. The second kappa shape index (κ2) is 7.14. The van der Waals surface area contributed by atoms with E-state index in [-0.39, 0.29) is 22.6 Å². The highest BCUT2D eigenvalue weighted by atomic mass is 19.4. The van der Waals surface area contributed by atoms with Crippen LogP contribution in [0.1, 0.15) is 11.1 Å². The lowest BCUT2D eigenvalue weighted by Crippen LogP contribution is -2.31. The molecule has 2 amide bonds. The van der Waals surface area contributed by atoms with Crippen molar-refractivity contribution in [3.63, 3.8) is 0 Å². The van der Waals surface area contributed by atoms with Crippen molar-refractivity contribution in [3.8, 4) is 0 Å². The lowest BCUT2D eigenvalue weighted by atomic mass is 10.00. The lowest BCUT2D eigenvalue weighted by Gasteiger charge is -2.13. The molecule has 3 rings (SSSR count). The number of amides is 2. The van der Waals surface area contributed by atoms with Gasteiger partial charge in [0.15, 0.2) is 0 Å². The normalized spacial score (nSPS) is 17.0. The lowest BCUT2D eigenvalue weighted by molar-refractivity contribution is -0.167. The number of aliphatic hydroxyl groups is 1. The molecule has 1 atom stereocenters. The molecule has 5 nitrogen and oxygen atoms in total. The van der Waals surface area contributed by atoms with Crippen molar-refractivity contribution in [1.82, 2.24) is 5.32 Å². The predicted octanol–water partition coefficient (Wildman–Crippen LogP) is 3.20. The van der Waals surface area contributed by atoms with E-state index in [0.717, 1.165) is 5.56 Å². The first kappa shape index (κ1) is 18.5. The Balaban J connectivity index is 1.93. The highest BCUT2D eigenvalue weighted by Crippen LogP contribution is 2.32. The zero-order chi connectivity index (χ0) is 19.6. The largest absolute Gasteiger partial charge is 0.509 e. The number of carbonyl (C=O) groups excluding carboxylic acids is 2. The first-order chi connectivity index (χ1) is 12.8. The summed E-state index contributed by atoms with van der Waals surface area (Å²) < 4.78 is 37.6. The molecule has 2 aromatic rings.